The maximum atomic E-state index is 12.8. The van der Waals surface area contributed by atoms with Crippen molar-refractivity contribution >= 4 is 22.7 Å². The Morgan fingerprint density at radius 2 is 2.23 bits per heavy atom. The van der Waals surface area contributed by atoms with Crippen LogP contribution in [0.3, 0.4) is 0 Å². The summed E-state index contributed by atoms with van der Waals surface area (Å²) in [6.07, 6.45) is 1.72. The van der Waals surface area contributed by atoms with Crippen molar-refractivity contribution < 1.29 is 18.0 Å². The SMILES string of the molecule is O=C(NCc1cn(CC(F)(F)F)nc1-c1ccccn1)C1CSC(c2cn[nH]c2)=N1. The van der Waals surface area contributed by atoms with E-state index in [1.807, 2.05) is 0 Å². The van der Waals surface area contributed by atoms with Gasteiger partial charge in [-0.2, -0.15) is 23.4 Å². The Labute approximate surface area is 173 Å². The van der Waals surface area contributed by atoms with Crippen LogP contribution in [0.15, 0.2) is 48.0 Å². The standard InChI is InChI=1S/C18H16F3N7OS/c19-18(20,21)10-28-8-12(15(27-28)13-3-1-2-4-22-13)5-23-16(29)14-9-30-17(26-14)11-6-24-25-7-11/h1-4,6-8,14H,5,9-10H2,(H,23,29)(H,24,25). The summed E-state index contributed by atoms with van der Waals surface area (Å²) in [7, 11) is 0. The molecule has 8 nitrogen and oxygen atoms in total. The highest BCUT2D eigenvalue weighted by molar-refractivity contribution is 8.14. The number of thioether (sulfide) groups is 1. The van der Waals surface area contributed by atoms with Gasteiger partial charge < -0.3 is 5.32 Å². The highest BCUT2D eigenvalue weighted by Crippen LogP contribution is 2.25. The quantitative estimate of drug-likeness (QED) is 0.619. The number of nitrogens with one attached hydrogen (secondary N) is 2. The van der Waals surface area contributed by atoms with Gasteiger partial charge in [0.05, 0.1) is 11.9 Å². The van der Waals surface area contributed by atoms with Crippen molar-refractivity contribution in [1.82, 2.24) is 30.3 Å². The molecule has 156 valence electrons. The van der Waals surface area contributed by atoms with Gasteiger partial charge in [0.1, 0.15) is 23.3 Å². The molecule has 0 fully saturated rings. The summed E-state index contributed by atoms with van der Waals surface area (Å²) in [4.78, 5) is 21.1. The van der Waals surface area contributed by atoms with Gasteiger partial charge in [0, 0.05) is 42.0 Å². The number of aromatic nitrogens is 5. The second kappa shape index (κ2) is 8.30. The van der Waals surface area contributed by atoms with Gasteiger partial charge in [0.2, 0.25) is 5.91 Å². The summed E-state index contributed by atoms with van der Waals surface area (Å²) in [6.45, 7) is -1.21. The lowest BCUT2D eigenvalue weighted by atomic mass is 10.2. The van der Waals surface area contributed by atoms with E-state index in [0.717, 1.165) is 15.3 Å². The van der Waals surface area contributed by atoms with Crippen molar-refractivity contribution in [2.45, 2.75) is 25.3 Å². The van der Waals surface area contributed by atoms with Crippen molar-refractivity contribution in [2.24, 2.45) is 4.99 Å². The van der Waals surface area contributed by atoms with E-state index in [-0.39, 0.29) is 12.5 Å². The lowest BCUT2D eigenvalue weighted by Crippen LogP contribution is -2.33. The molecule has 0 bridgehead atoms. The number of halogens is 3. The zero-order chi connectivity index (χ0) is 21.1. The van der Waals surface area contributed by atoms with E-state index < -0.39 is 18.8 Å². The molecule has 0 aliphatic carbocycles. The molecule has 3 aromatic heterocycles. The molecular formula is C18H16F3N7OS. The highest BCUT2D eigenvalue weighted by Gasteiger charge is 2.30. The normalized spacial score (nSPS) is 16.5. The molecular weight excluding hydrogens is 419 g/mol. The maximum Gasteiger partial charge on any atom is 0.408 e. The van der Waals surface area contributed by atoms with E-state index in [0.29, 0.717) is 22.7 Å². The summed E-state index contributed by atoms with van der Waals surface area (Å²) >= 11 is 1.45. The molecule has 0 saturated carbocycles. The molecule has 4 heterocycles. The van der Waals surface area contributed by atoms with Gasteiger partial charge in [0.25, 0.3) is 0 Å². The number of nitrogens with zero attached hydrogens (tertiary/aromatic N) is 5. The zero-order valence-corrected chi connectivity index (χ0v) is 16.2. The van der Waals surface area contributed by atoms with E-state index >= 15 is 0 Å². The first-order valence-electron chi connectivity index (χ1n) is 8.91. The fourth-order valence-corrected chi connectivity index (χ4v) is 3.93. The molecule has 0 radical (unpaired) electrons. The minimum Gasteiger partial charge on any atom is -0.350 e. The van der Waals surface area contributed by atoms with Crippen molar-refractivity contribution in [3.05, 3.63) is 54.1 Å². The minimum absolute atomic E-state index is 0.0142. The van der Waals surface area contributed by atoms with Gasteiger partial charge >= 0.3 is 6.18 Å². The lowest BCUT2D eigenvalue weighted by molar-refractivity contribution is -0.142. The number of aromatic amines is 1. The Morgan fingerprint density at radius 1 is 1.37 bits per heavy atom. The number of carbonyl (C=O) groups excluding carboxylic acids is 1. The molecule has 1 aliphatic rings. The lowest BCUT2D eigenvalue weighted by Gasteiger charge is -2.08. The van der Waals surface area contributed by atoms with Crippen LogP contribution >= 0.6 is 11.8 Å². The van der Waals surface area contributed by atoms with Gasteiger partial charge in [0.15, 0.2) is 0 Å². The average molecular weight is 435 g/mol. The third-order valence-electron chi connectivity index (χ3n) is 4.24. The third-order valence-corrected chi connectivity index (χ3v) is 5.34. The van der Waals surface area contributed by atoms with Gasteiger partial charge in [-0.25, -0.2) is 0 Å². The molecule has 0 saturated heterocycles. The molecule has 2 N–H and O–H groups in total. The first-order chi connectivity index (χ1) is 14.4. The molecule has 4 rings (SSSR count). The number of carbonyl (C=O) groups is 1. The van der Waals surface area contributed by atoms with E-state index in [4.69, 9.17) is 0 Å². The largest absolute Gasteiger partial charge is 0.408 e. The Bertz CT molecular complexity index is 1050. The van der Waals surface area contributed by atoms with Crippen molar-refractivity contribution in [1.29, 1.82) is 0 Å². The van der Waals surface area contributed by atoms with Gasteiger partial charge in [-0.3, -0.25) is 24.6 Å². The fraction of sp³-hybridized carbons (Fsp3) is 0.278. The van der Waals surface area contributed by atoms with Crippen molar-refractivity contribution in [2.75, 3.05) is 5.75 Å². The van der Waals surface area contributed by atoms with E-state index in [2.05, 4.69) is 30.6 Å². The zero-order valence-electron chi connectivity index (χ0n) is 15.4. The Morgan fingerprint density at radius 3 is 2.93 bits per heavy atom. The first kappa shape index (κ1) is 20.1. The van der Waals surface area contributed by atoms with Crippen molar-refractivity contribution in [3.63, 3.8) is 0 Å². The van der Waals surface area contributed by atoms with Gasteiger partial charge in [-0.15, -0.1) is 11.8 Å². The second-order valence-corrected chi connectivity index (χ2v) is 7.51. The summed E-state index contributed by atoms with van der Waals surface area (Å²) in [5, 5.41) is 14.1. The highest BCUT2D eigenvalue weighted by atomic mass is 32.2. The Hall–Kier alpha value is -3.15. The average Bonchev–Trinajstić information content (AvgIpc) is 3.45. The number of alkyl halides is 3. The maximum absolute atomic E-state index is 12.8. The first-order valence-corrected chi connectivity index (χ1v) is 9.89. The Kier molecular flexibility index (Phi) is 5.57. The number of aliphatic imine (C=N–C) groups is 1. The summed E-state index contributed by atoms with van der Waals surface area (Å²) in [5.74, 6) is 0.170. The predicted molar refractivity (Wildman–Crippen MR) is 105 cm³/mol. The minimum atomic E-state index is -4.41. The Balaban J connectivity index is 1.49. The molecule has 1 amide bonds. The van der Waals surface area contributed by atoms with Crippen LogP contribution in [-0.2, 0) is 17.9 Å². The van der Waals surface area contributed by atoms with E-state index in [9.17, 15) is 18.0 Å². The van der Waals surface area contributed by atoms with Crippen molar-refractivity contribution in [3.8, 4) is 11.4 Å². The predicted octanol–water partition coefficient (Wildman–Crippen LogP) is 2.41. The monoisotopic (exact) mass is 435 g/mol. The molecule has 0 aromatic carbocycles. The smallest absolute Gasteiger partial charge is 0.350 e. The summed E-state index contributed by atoms with van der Waals surface area (Å²) in [6, 6.07) is 4.49. The van der Waals surface area contributed by atoms with Crippen LogP contribution in [0, 0.1) is 0 Å². The molecule has 30 heavy (non-hydrogen) atoms. The van der Waals surface area contributed by atoms with Gasteiger partial charge in [-0.1, -0.05) is 6.07 Å². The van der Waals surface area contributed by atoms with Crippen LogP contribution in [0.1, 0.15) is 11.1 Å². The number of H-pyrrole nitrogens is 1. The van der Waals surface area contributed by atoms with Crippen LogP contribution in [0.4, 0.5) is 13.2 Å². The summed E-state index contributed by atoms with van der Waals surface area (Å²) < 4.78 is 39.2. The number of hydrogen-bond acceptors (Lipinski definition) is 6. The molecule has 1 aliphatic heterocycles. The molecule has 1 atom stereocenters. The molecule has 3 aromatic rings. The topological polar surface area (TPSA) is 101 Å². The molecule has 12 heteroatoms. The van der Waals surface area contributed by atoms with Crippen LogP contribution in [0.25, 0.3) is 11.4 Å². The number of pyridine rings is 1. The van der Waals surface area contributed by atoms with Crippen LogP contribution < -0.4 is 5.32 Å². The van der Waals surface area contributed by atoms with Crippen LogP contribution in [0.5, 0.6) is 0 Å². The van der Waals surface area contributed by atoms with Crippen LogP contribution in [-0.4, -0.2) is 53.9 Å². The second-order valence-electron chi connectivity index (χ2n) is 6.50. The number of amides is 1. The third kappa shape index (κ3) is 4.70. The molecule has 1 unspecified atom stereocenters. The van der Waals surface area contributed by atoms with Crippen LogP contribution in [0.2, 0.25) is 0 Å². The number of rotatable bonds is 6. The van der Waals surface area contributed by atoms with E-state index in [1.54, 1.807) is 30.6 Å². The molecule has 0 spiro atoms. The van der Waals surface area contributed by atoms with E-state index in [1.165, 1.54) is 24.2 Å². The summed E-state index contributed by atoms with van der Waals surface area (Å²) in [5.41, 5.74) is 1.97. The number of hydrogen-bond donors (Lipinski definition) is 2. The van der Waals surface area contributed by atoms with Gasteiger partial charge in [-0.05, 0) is 12.1 Å². The fourth-order valence-electron chi connectivity index (χ4n) is 2.91.